The molecular weight excluding hydrogens is 213 g/mol. The molecule has 0 aliphatic rings. The quantitative estimate of drug-likeness (QED) is 0.728. The molecule has 2 N–H and O–H groups in total. The lowest BCUT2D eigenvalue weighted by Crippen LogP contribution is -1.95. The summed E-state index contributed by atoms with van der Waals surface area (Å²) < 4.78 is 1.69. The summed E-state index contributed by atoms with van der Waals surface area (Å²) in [5.41, 5.74) is 6.81. The number of hydrogen-bond donors (Lipinski definition) is 1. The van der Waals surface area contributed by atoms with Gasteiger partial charge >= 0.3 is 0 Å². The van der Waals surface area contributed by atoms with Crippen molar-refractivity contribution in [2.24, 2.45) is 0 Å². The molecule has 0 spiro atoms. The van der Waals surface area contributed by atoms with Gasteiger partial charge in [0.15, 0.2) is 11.5 Å². The predicted molar refractivity (Wildman–Crippen MR) is 52.8 cm³/mol. The Morgan fingerprint density at radius 2 is 2.15 bits per heavy atom. The summed E-state index contributed by atoms with van der Waals surface area (Å²) in [6.45, 7) is 0. The van der Waals surface area contributed by atoms with Crippen LogP contribution in [0.1, 0.15) is 0 Å². The first-order chi connectivity index (χ1) is 5.83. The van der Waals surface area contributed by atoms with E-state index < -0.39 is 0 Å². The summed E-state index contributed by atoms with van der Waals surface area (Å²) >= 11 is 5.62. The zero-order valence-electron chi connectivity index (χ0n) is 6.51. The lowest BCUT2D eigenvalue weighted by molar-refractivity contribution is 0.896. The van der Waals surface area contributed by atoms with Gasteiger partial charge < -0.3 is 10.3 Å². The maximum absolute atomic E-state index is 5.62. The van der Waals surface area contributed by atoms with Crippen molar-refractivity contribution in [3.63, 3.8) is 0 Å². The summed E-state index contributed by atoms with van der Waals surface area (Å²) in [6.07, 6.45) is 2.98. The maximum atomic E-state index is 5.62. The molecule has 2 aromatic heterocycles. The Bertz CT molecular complexity index is 412. The summed E-state index contributed by atoms with van der Waals surface area (Å²) in [5, 5.41) is 0. The monoisotopic (exact) mass is 219 g/mol. The molecule has 2 rings (SSSR count). The summed E-state index contributed by atoms with van der Waals surface area (Å²) in [6, 6.07) is 0.312. The third-order valence-electron chi connectivity index (χ3n) is 1.56. The molecule has 0 aliphatic heterocycles. The van der Waals surface area contributed by atoms with E-state index >= 15 is 0 Å². The van der Waals surface area contributed by atoms with Gasteiger partial charge in [-0.05, 0) is 0 Å². The van der Waals surface area contributed by atoms with Crippen LogP contribution in [0, 0.1) is 0 Å². The van der Waals surface area contributed by atoms with E-state index in [-0.39, 0.29) is 12.4 Å². The first kappa shape index (κ1) is 10.0. The average Bonchev–Trinajstić information content (AvgIpc) is 2.49. The molecule has 13 heavy (non-hydrogen) atoms. The summed E-state index contributed by atoms with van der Waals surface area (Å²) in [5.74, 6) is 0.379. The molecule has 0 radical (unpaired) electrons. The highest BCUT2D eigenvalue weighted by Gasteiger charge is 2.05. The van der Waals surface area contributed by atoms with Crippen molar-refractivity contribution >= 4 is 41.0 Å². The molecule has 7 heteroatoms. The van der Waals surface area contributed by atoms with E-state index in [1.54, 1.807) is 10.9 Å². The molecule has 70 valence electrons. The fourth-order valence-electron chi connectivity index (χ4n) is 0.986. The second-order valence-corrected chi connectivity index (χ2v) is 2.50. The van der Waals surface area contributed by atoms with Gasteiger partial charge in [0, 0.05) is 0 Å². The summed E-state index contributed by atoms with van der Waals surface area (Å²) in [7, 11) is 0. The highest BCUT2D eigenvalue weighted by molar-refractivity contribution is 6.15. The van der Waals surface area contributed by atoms with E-state index in [2.05, 4.69) is 15.0 Å². The molecule has 0 aliphatic carbocycles. The third-order valence-corrected chi connectivity index (χ3v) is 1.82. The van der Waals surface area contributed by atoms with Gasteiger partial charge in [0.05, 0.1) is 6.33 Å². The normalized spacial score (nSPS) is 9.92. The molecule has 0 saturated heterocycles. The third kappa shape index (κ3) is 1.52. The van der Waals surface area contributed by atoms with Crippen molar-refractivity contribution in [3.05, 3.63) is 12.7 Å². The number of rotatable bonds is 1. The van der Waals surface area contributed by atoms with E-state index in [4.69, 9.17) is 17.3 Å². The number of aromatic nitrogens is 4. The highest BCUT2D eigenvalue weighted by atomic mass is 35.5. The topological polar surface area (TPSA) is 69.6 Å². The number of nitrogens with zero attached hydrogens (tertiary/aromatic N) is 4. The Balaban J connectivity index is 0.000000845. The Morgan fingerprint density at radius 3 is 2.85 bits per heavy atom. The van der Waals surface area contributed by atoms with E-state index in [0.29, 0.717) is 23.0 Å². The van der Waals surface area contributed by atoms with Gasteiger partial charge in [0.25, 0.3) is 0 Å². The SMILES string of the molecule is Cl.Nc1ncnc2c1ncn2CCl. The van der Waals surface area contributed by atoms with Gasteiger partial charge in [0.1, 0.15) is 17.8 Å². The molecule has 0 amide bonds. The lowest BCUT2D eigenvalue weighted by Gasteiger charge is -1.95. The number of hydrogen-bond acceptors (Lipinski definition) is 4. The molecule has 2 aromatic rings. The molecule has 0 atom stereocenters. The fraction of sp³-hybridized carbons (Fsp3) is 0.167. The number of alkyl halides is 1. The largest absolute Gasteiger partial charge is 0.382 e. The van der Waals surface area contributed by atoms with Gasteiger partial charge in [-0.3, -0.25) is 0 Å². The first-order valence-corrected chi connectivity index (χ1v) is 3.83. The minimum Gasteiger partial charge on any atom is -0.382 e. The molecular formula is C6H7Cl2N5. The molecule has 0 aromatic carbocycles. The predicted octanol–water partition coefficient (Wildman–Crippen LogP) is 1.03. The van der Waals surface area contributed by atoms with Gasteiger partial charge in [-0.25, -0.2) is 15.0 Å². The standard InChI is InChI=1S/C6H6ClN5.ClH/c7-1-12-3-11-4-5(8)9-2-10-6(4)12;/h2-3H,1H2,(H2,8,9,10);1H. The van der Waals surface area contributed by atoms with Crippen LogP contribution in [0.3, 0.4) is 0 Å². The second kappa shape index (κ2) is 3.76. The van der Waals surface area contributed by atoms with Gasteiger partial charge in [-0.15, -0.1) is 24.0 Å². The lowest BCUT2D eigenvalue weighted by atomic mass is 10.5. The van der Waals surface area contributed by atoms with Crippen LogP contribution in [-0.4, -0.2) is 19.5 Å². The van der Waals surface area contributed by atoms with Crippen LogP contribution in [0.5, 0.6) is 0 Å². The highest BCUT2D eigenvalue weighted by Crippen LogP contribution is 2.13. The smallest absolute Gasteiger partial charge is 0.166 e. The van der Waals surface area contributed by atoms with E-state index in [0.717, 1.165) is 0 Å². The minimum atomic E-state index is 0. The average molecular weight is 220 g/mol. The van der Waals surface area contributed by atoms with Crippen LogP contribution in [-0.2, 0) is 6.00 Å². The van der Waals surface area contributed by atoms with Crippen LogP contribution in [0.2, 0.25) is 0 Å². The van der Waals surface area contributed by atoms with Gasteiger partial charge in [-0.1, -0.05) is 0 Å². The number of halogens is 2. The Labute approximate surface area is 85.4 Å². The minimum absolute atomic E-state index is 0. The van der Waals surface area contributed by atoms with Crippen molar-refractivity contribution < 1.29 is 0 Å². The zero-order valence-corrected chi connectivity index (χ0v) is 8.09. The Kier molecular flexibility index (Phi) is 2.90. The first-order valence-electron chi connectivity index (χ1n) is 3.30. The zero-order chi connectivity index (χ0) is 8.55. The van der Waals surface area contributed by atoms with Gasteiger partial charge in [0.2, 0.25) is 0 Å². The van der Waals surface area contributed by atoms with E-state index in [1.807, 2.05) is 0 Å². The summed E-state index contributed by atoms with van der Waals surface area (Å²) in [4.78, 5) is 11.8. The Hall–Kier alpha value is -1.07. The van der Waals surface area contributed by atoms with Crippen molar-refractivity contribution in [1.29, 1.82) is 0 Å². The molecule has 0 unspecified atom stereocenters. The van der Waals surface area contributed by atoms with Crippen LogP contribution in [0.25, 0.3) is 11.2 Å². The number of nitrogen functional groups attached to an aromatic ring is 1. The van der Waals surface area contributed by atoms with E-state index in [9.17, 15) is 0 Å². The molecule has 0 fully saturated rings. The Morgan fingerprint density at radius 1 is 1.38 bits per heavy atom. The number of fused-ring (bicyclic) bond motifs is 1. The van der Waals surface area contributed by atoms with Crippen molar-refractivity contribution in [3.8, 4) is 0 Å². The molecule has 0 bridgehead atoms. The molecule has 0 saturated carbocycles. The van der Waals surface area contributed by atoms with Crippen LogP contribution in [0.4, 0.5) is 5.82 Å². The molecule has 2 heterocycles. The number of anilines is 1. The van der Waals surface area contributed by atoms with Crippen LogP contribution in [0.15, 0.2) is 12.7 Å². The van der Waals surface area contributed by atoms with Crippen molar-refractivity contribution in [2.75, 3.05) is 5.73 Å². The van der Waals surface area contributed by atoms with E-state index in [1.165, 1.54) is 6.33 Å². The molecule has 5 nitrogen and oxygen atoms in total. The number of imidazole rings is 1. The number of nitrogens with two attached hydrogens (primary N) is 1. The van der Waals surface area contributed by atoms with Gasteiger partial charge in [-0.2, -0.15) is 0 Å². The maximum Gasteiger partial charge on any atom is 0.166 e. The second-order valence-electron chi connectivity index (χ2n) is 2.27. The fourth-order valence-corrected chi connectivity index (χ4v) is 1.16. The van der Waals surface area contributed by atoms with Crippen molar-refractivity contribution in [1.82, 2.24) is 19.5 Å². The van der Waals surface area contributed by atoms with Crippen molar-refractivity contribution in [2.45, 2.75) is 6.00 Å². The van der Waals surface area contributed by atoms with Crippen LogP contribution < -0.4 is 5.73 Å². The van der Waals surface area contributed by atoms with Crippen LogP contribution >= 0.6 is 24.0 Å².